The molecule has 0 amide bonds. The Bertz CT molecular complexity index is 407. The summed E-state index contributed by atoms with van der Waals surface area (Å²) in [6.45, 7) is 4.13. The minimum Gasteiger partial charge on any atom is -0.304 e. The fraction of sp³-hybridized carbons (Fsp3) is 0.400. The van der Waals surface area contributed by atoms with Gasteiger partial charge in [-0.05, 0) is 11.6 Å². The van der Waals surface area contributed by atoms with Crippen molar-refractivity contribution >= 4 is 17.3 Å². The summed E-state index contributed by atoms with van der Waals surface area (Å²) >= 11 is 5.82. The van der Waals surface area contributed by atoms with E-state index in [0.29, 0.717) is 6.61 Å². The predicted octanol–water partition coefficient (Wildman–Crippen LogP) is 2.42. The molecule has 0 atom stereocenters. The molecule has 0 aliphatic rings. The Morgan fingerprint density at radius 2 is 2.19 bits per heavy atom. The highest BCUT2D eigenvalue weighted by Gasteiger charge is 2.23. The predicted molar refractivity (Wildman–Crippen MR) is 61.3 cm³/mol. The Balaban J connectivity index is 3.10. The van der Waals surface area contributed by atoms with Crippen molar-refractivity contribution in [3.8, 4) is 0 Å². The van der Waals surface area contributed by atoms with Crippen molar-refractivity contribution in [2.75, 3.05) is 6.61 Å². The van der Waals surface area contributed by atoms with E-state index in [-0.39, 0.29) is 16.1 Å². The molecule has 16 heavy (non-hydrogen) atoms. The number of hydrogen-bond donors (Lipinski definition) is 1. The molecule has 0 aliphatic carbocycles. The summed E-state index contributed by atoms with van der Waals surface area (Å²) in [4.78, 5) is 14.7. The summed E-state index contributed by atoms with van der Waals surface area (Å²) in [5.41, 5.74) is 0.400. The van der Waals surface area contributed by atoms with E-state index in [1.807, 2.05) is 13.8 Å². The average molecular weight is 245 g/mol. The highest BCUT2D eigenvalue weighted by Crippen LogP contribution is 2.31. The van der Waals surface area contributed by atoms with Crippen molar-refractivity contribution < 1.29 is 9.76 Å². The lowest BCUT2D eigenvalue weighted by Crippen LogP contribution is -2.26. The number of nitro benzene ring substituents is 1. The highest BCUT2D eigenvalue weighted by molar-refractivity contribution is 6.32. The molecule has 6 heteroatoms. The second-order valence-corrected chi connectivity index (χ2v) is 4.53. The summed E-state index contributed by atoms with van der Waals surface area (Å²) in [7, 11) is 0. The van der Waals surface area contributed by atoms with Crippen LogP contribution in [0.2, 0.25) is 5.02 Å². The molecule has 0 fully saturated rings. The highest BCUT2D eigenvalue weighted by atomic mass is 35.5. The van der Waals surface area contributed by atoms with Gasteiger partial charge in [0, 0.05) is 11.5 Å². The van der Waals surface area contributed by atoms with Crippen LogP contribution >= 0.6 is 11.6 Å². The normalized spacial score (nSPS) is 11.5. The van der Waals surface area contributed by atoms with Crippen molar-refractivity contribution in [2.24, 2.45) is 5.90 Å². The van der Waals surface area contributed by atoms with Crippen molar-refractivity contribution in [3.63, 3.8) is 0 Å². The van der Waals surface area contributed by atoms with Crippen LogP contribution in [0, 0.1) is 10.1 Å². The lowest BCUT2D eigenvalue weighted by Gasteiger charge is -2.23. The third-order valence-electron chi connectivity index (χ3n) is 2.37. The van der Waals surface area contributed by atoms with Gasteiger partial charge in [0.15, 0.2) is 0 Å². The maximum absolute atomic E-state index is 10.6. The van der Waals surface area contributed by atoms with Crippen LogP contribution in [0.1, 0.15) is 19.4 Å². The van der Waals surface area contributed by atoms with Gasteiger partial charge in [0.05, 0.1) is 11.5 Å². The number of nitrogens with zero attached hydrogens (tertiary/aromatic N) is 1. The quantitative estimate of drug-likeness (QED) is 0.652. The molecule has 2 N–H and O–H groups in total. The summed E-state index contributed by atoms with van der Waals surface area (Å²) in [6.07, 6.45) is 0. The summed E-state index contributed by atoms with van der Waals surface area (Å²) < 4.78 is 0. The first-order valence-electron chi connectivity index (χ1n) is 4.64. The molecule has 0 saturated carbocycles. The summed E-state index contributed by atoms with van der Waals surface area (Å²) in [5, 5.41) is 10.7. The number of halogens is 1. The molecule has 0 aromatic heterocycles. The lowest BCUT2D eigenvalue weighted by molar-refractivity contribution is -0.384. The van der Waals surface area contributed by atoms with Crippen LogP contribution in [0.25, 0.3) is 0 Å². The van der Waals surface area contributed by atoms with Gasteiger partial charge in [-0.3, -0.25) is 10.1 Å². The maximum Gasteiger partial charge on any atom is 0.287 e. The van der Waals surface area contributed by atoms with Crippen LogP contribution in [0.4, 0.5) is 5.69 Å². The van der Waals surface area contributed by atoms with E-state index in [1.54, 1.807) is 12.1 Å². The van der Waals surface area contributed by atoms with Gasteiger partial charge in [0.25, 0.3) is 5.69 Å². The largest absolute Gasteiger partial charge is 0.304 e. The third-order valence-corrected chi connectivity index (χ3v) is 2.67. The summed E-state index contributed by atoms with van der Waals surface area (Å²) in [6, 6.07) is 4.61. The zero-order valence-electron chi connectivity index (χ0n) is 9.07. The van der Waals surface area contributed by atoms with Crippen molar-refractivity contribution in [1.29, 1.82) is 0 Å². The molecule has 1 rings (SSSR count). The molecule has 88 valence electrons. The van der Waals surface area contributed by atoms with Crippen molar-refractivity contribution in [1.82, 2.24) is 0 Å². The zero-order valence-corrected chi connectivity index (χ0v) is 9.82. The van der Waals surface area contributed by atoms with Gasteiger partial charge in [-0.1, -0.05) is 31.5 Å². The first-order chi connectivity index (χ1) is 7.38. The van der Waals surface area contributed by atoms with E-state index < -0.39 is 4.92 Å². The Kier molecular flexibility index (Phi) is 3.85. The first kappa shape index (κ1) is 12.9. The third kappa shape index (κ3) is 2.69. The fourth-order valence-corrected chi connectivity index (χ4v) is 1.62. The molecule has 1 aromatic carbocycles. The number of rotatable bonds is 4. The maximum atomic E-state index is 10.6. The number of benzene rings is 1. The number of hydrogen-bond acceptors (Lipinski definition) is 4. The number of nitro groups is 1. The van der Waals surface area contributed by atoms with Crippen LogP contribution in [0.5, 0.6) is 0 Å². The van der Waals surface area contributed by atoms with Crippen LogP contribution in [-0.4, -0.2) is 11.5 Å². The van der Waals surface area contributed by atoms with Gasteiger partial charge < -0.3 is 4.84 Å². The minimum atomic E-state index is -0.515. The molecule has 0 unspecified atom stereocenters. The Labute approximate surface area is 98.3 Å². The Morgan fingerprint density at radius 1 is 1.56 bits per heavy atom. The zero-order chi connectivity index (χ0) is 12.3. The molecule has 0 spiro atoms. The molecule has 0 heterocycles. The fourth-order valence-electron chi connectivity index (χ4n) is 1.37. The monoisotopic (exact) mass is 244 g/mol. The molecule has 0 radical (unpaired) electrons. The average Bonchev–Trinajstić information content (AvgIpc) is 2.16. The first-order valence-corrected chi connectivity index (χ1v) is 5.02. The second-order valence-electron chi connectivity index (χ2n) is 4.12. The minimum absolute atomic E-state index is 0.102. The molecular weight excluding hydrogens is 232 g/mol. The topological polar surface area (TPSA) is 78.4 Å². The van der Waals surface area contributed by atoms with Crippen LogP contribution in [-0.2, 0) is 10.3 Å². The van der Waals surface area contributed by atoms with E-state index in [2.05, 4.69) is 4.84 Å². The standard InChI is InChI=1S/C10H13ClN2O3/c1-10(2,6-16-12)7-3-4-9(13(14)15)8(11)5-7/h3-5H,6,12H2,1-2H3. The van der Waals surface area contributed by atoms with E-state index in [4.69, 9.17) is 17.5 Å². The molecule has 0 bridgehead atoms. The number of nitrogens with two attached hydrogens (primary N) is 1. The van der Waals surface area contributed by atoms with Gasteiger partial charge in [0.1, 0.15) is 5.02 Å². The summed E-state index contributed by atoms with van der Waals surface area (Å²) in [5.74, 6) is 5.03. The van der Waals surface area contributed by atoms with Gasteiger partial charge in [-0.2, -0.15) is 0 Å². The van der Waals surface area contributed by atoms with E-state index in [9.17, 15) is 10.1 Å². The van der Waals surface area contributed by atoms with Gasteiger partial charge in [0.2, 0.25) is 0 Å². The van der Waals surface area contributed by atoms with Crippen LogP contribution in [0.15, 0.2) is 18.2 Å². The SMILES string of the molecule is CC(C)(CON)c1ccc([N+](=O)[O-])c(Cl)c1. The molecule has 5 nitrogen and oxygen atoms in total. The molecule has 0 aliphatic heterocycles. The van der Waals surface area contributed by atoms with Gasteiger partial charge in [-0.25, -0.2) is 5.90 Å². The molecular formula is C10H13ClN2O3. The van der Waals surface area contributed by atoms with E-state index in [1.165, 1.54) is 6.07 Å². The molecule has 1 aromatic rings. The van der Waals surface area contributed by atoms with Crippen molar-refractivity contribution in [3.05, 3.63) is 38.9 Å². The second kappa shape index (κ2) is 4.78. The van der Waals surface area contributed by atoms with E-state index >= 15 is 0 Å². The smallest absolute Gasteiger partial charge is 0.287 e. The van der Waals surface area contributed by atoms with Crippen LogP contribution < -0.4 is 5.90 Å². The lowest BCUT2D eigenvalue weighted by atomic mass is 9.85. The Morgan fingerprint density at radius 3 is 2.62 bits per heavy atom. The molecule has 0 saturated heterocycles. The van der Waals surface area contributed by atoms with Crippen molar-refractivity contribution in [2.45, 2.75) is 19.3 Å². The van der Waals surface area contributed by atoms with E-state index in [0.717, 1.165) is 5.56 Å². The Hall–Kier alpha value is -1.17. The van der Waals surface area contributed by atoms with Gasteiger partial charge >= 0.3 is 0 Å². The van der Waals surface area contributed by atoms with Gasteiger partial charge in [-0.15, -0.1) is 0 Å². The van der Waals surface area contributed by atoms with Crippen LogP contribution in [0.3, 0.4) is 0 Å².